The molecule has 50 heavy (non-hydrogen) atoms. The molecule has 2 aromatic carbocycles. The molecule has 2 amide bonds. The van der Waals surface area contributed by atoms with Crippen molar-refractivity contribution in [2.75, 3.05) is 19.7 Å². The number of likely N-dealkylation sites (tertiary alicyclic amines) is 1. The number of nitrogens with two attached hydrogens (primary N) is 1. The van der Waals surface area contributed by atoms with Gasteiger partial charge in [-0.15, -0.1) is 0 Å². The first kappa shape index (κ1) is 34.9. The third-order valence-electron chi connectivity index (χ3n) is 8.50. The number of carbonyl (C=O) groups is 2. The zero-order chi connectivity index (χ0) is 36.0. The van der Waals surface area contributed by atoms with E-state index in [1.807, 2.05) is 20.8 Å². The van der Waals surface area contributed by atoms with Crippen molar-refractivity contribution in [3.63, 3.8) is 0 Å². The molecular formula is C35H34ClF4N7O3. The lowest BCUT2D eigenvalue weighted by Crippen LogP contribution is -2.58. The fourth-order valence-corrected chi connectivity index (χ4v) is 6.49. The maximum Gasteiger partial charge on any atom is 0.410 e. The van der Waals surface area contributed by atoms with E-state index >= 15 is 0 Å². The fraction of sp³-hybridized carbons (Fsp3) is 0.343. The standard InChI is InChI=1S/C35H34ClF4N7O3/c1-33(2,3)18-35(24-10-7-21(8-11-24)23-15-43-46(16-23)30(37)38)29(48)47(31(41)44-35)28(17-50-32(49)45-19-34(39,40)20-45)22-9-12-26(36)25(14-22)27-6-4-5-13-42-27/h4-16,28,30H,17-20H2,1-3H3,(H2,41,44)/t28-,35-/m1/s1. The van der Waals surface area contributed by atoms with Crippen molar-refractivity contribution >= 4 is 29.6 Å². The molecule has 0 saturated carbocycles. The lowest BCUT2D eigenvalue weighted by atomic mass is 9.75. The van der Waals surface area contributed by atoms with Crippen LogP contribution in [-0.4, -0.2) is 68.1 Å². The Kier molecular flexibility index (Phi) is 9.10. The second-order valence-electron chi connectivity index (χ2n) is 13.6. The minimum Gasteiger partial charge on any atom is -0.447 e. The van der Waals surface area contributed by atoms with Crippen LogP contribution < -0.4 is 5.73 Å². The molecule has 4 heterocycles. The number of ether oxygens (including phenoxy) is 1. The van der Waals surface area contributed by atoms with Crippen molar-refractivity contribution in [3.05, 3.63) is 95.4 Å². The van der Waals surface area contributed by atoms with Gasteiger partial charge in [0.2, 0.25) is 0 Å². The average Bonchev–Trinajstić information content (AvgIpc) is 3.64. The van der Waals surface area contributed by atoms with Crippen molar-refractivity contribution in [1.82, 2.24) is 24.6 Å². The molecule has 2 atom stereocenters. The Morgan fingerprint density at radius 1 is 1.06 bits per heavy atom. The minimum atomic E-state index is -3.00. The number of halogens is 5. The van der Waals surface area contributed by atoms with E-state index in [0.29, 0.717) is 43.2 Å². The van der Waals surface area contributed by atoms with Gasteiger partial charge in [-0.25, -0.2) is 23.2 Å². The lowest BCUT2D eigenvalue weighted by Gasteiger charge is -2.38. The maximum absolute atomic E-state index is 14.9. The van der Waals surface area contributed by atoms with Gasteiger partial charge in [-0.1, -0.05) is 68.8 Å². The summed E-state index contributed by atoms with van der Waals surface area (Å²) in [4.78, 5) is 39.0. The van der Waals surface area contributed by atoms with Crippen molar-refractivity contribution in [1.29, 1.82) is 0 Å². The van der Waals surface area contributed by atoms with Crippen molar-refractivity contribution in [3.8, 4) is 22.4 Å². The molecule has 0 unspecified atom stereocenters. The van der Waals surface area contributed by atoms with Gasteiger partial charge in [-0.3, -0.25) is 19.6 Å². The molecule has 4 aromatic rings. The van der Waals surface area contributed by atoms with Crippen LogP contribution >= 0.6 is 11.6 Å². The summed E-state index contributed by atoms with van der Waals surface area (Å²) >= 11 is 6.57. The van der Waals surface area contributed by atoms with Crippen LogP contribution in [0.5, 0.6) is 0 Å². The lowest BCUT2D eigenvalue weighted by molar-refractivity contribution is -0.135. The second-order valence-corrected chi connectivity index (χ2v) is 14.0. The quantitative estimate of drug-likeness (QED) is 0.182. The number of amides is 2. The summed E-state index contributed by atoms with van der Waals surface area (Å²) in [6, 6.07) is 16.0. The topological polar surface area (TPSA) is 119 Å². The van der Waals surface area contributed by atoms with E-state index in [4.69, 9.17) is 27.1 Å². The summed E-state index contributed by atoms with van der Waals surface area (Å²) in [5.74, 6) is -3.65. The molecule has 6 rings (SSSR count). The number of benzene rings is 2. The van der Waals surface area contributed by atoms with Gasteiger partial charge in [0.15, 0.2) is 11.5 Å². The minimum absolute atomic E-state index is 0.146. The molecule has 1 fully saturated rings. The summed E-state index contributed by atoms with van der Waals surface area (Å²) in [5.41, 5.74) is 7.73. The van der Waals surface area contributed by atoms with Crippen molar-refractivity contribution < 1.29 is 31.9 Å². The summed E-state index contributed by atoms with van der Waals surface area (Å²) in [5, 5.41) is 4.08. The van der Waals surface area contributed by atoms with E-state index in [-0.39, 0.29) is 12.4 Å². The van der Waals surface area contributed by atoms with E-state index in [0.717, 1.165) is 4.90 Å². The van der Waals surface area contributed by atoms with Crippen molar-refractivity contribution in [2.24, 2.45) is 16.1 Å². The molecule has 262 valence electrons. The number of aromatic nitrogens is 3. The first-order valence-corrected chi connectivity index (χ1v) is 16.1. The number of hydrogen-bond donors (Lipinski definition) is 1. The number of aliphatic imine (C=N–C) groups is 1. The predicted molar refractivity (Wildman–Crippen MR) is 178 cm³/mol. The van der Waals surface area contributed by atoms with Crippen LogP contribution in [0.4, 0.5) is 22.4 Å². The number of nitrogens with zero attached hydrogens (tertiary/aromatic N) is 6. The smallest absolute Gasteiger partial charge is 0.410 e. The number of alkyl halides is 4. The average molecular weight is 712 g/mol. The Balaban J connectivity index is 1.39. The molecule has 2 aliphatic rings. The van der Waals surface area contributed by atoms with E-state index in [9.17, 15) is 27.2 Å². The molecule has 0 radical (unpaired) electrons. The molecule has 2 aliphatic heterocycles. The molecule has 15 heteroatoms. The SMILES string of the molecule is CC(C)(C)C[C@]1(c2ccc(-c3cnn(C(F)F)c3)cc2)N=C(N)N([C@H](COC(=O)N2CC(F)(F)C2)c2ccc(Cl)c(-c3ccccn3)c2)C1=O. The van der Waals surface area contributed by atoms with Gasteiger partial charge < -0.3 is 10.5 Å². The monoisotopic (exact) mass is 711 g/mol. The van der Waals surface area contributed by atoms with Gasteiger partial charge in [0.1, 0.15) is 6.61 Å². The predicted octanol–water partition coefficient (Wildman–Crippen LogP) is 7.28. The van der Waals surface area contributed by atoms with Crippen LogP contribution in [0, 0.1) is 5.41 Å². The molecular weight excluding hydrogens is 678 g/mol. The first-order valence-electron chi connectivity index (χ1n) is 15.7. The first-order chi connectivity index (χ1) is 23.6. The molecule has 10 nitrogen and oxygen atoms in total. The molecule has 1 saturated heterocycles. The molecule has 0 bridgehead atoms. The zero-order valence-corrected chi connectivity index (χ0v) is 28.1. The Morgan fingerprint density at radius 3 is 2.38 bits per heavy atom. The third-order valence-corrected chi connectivity index (χ3v) is 8.83. The van der Waals surface area contributed by atoms with Gasteiger partial charge in [0.05, 0.1) is 31.0 Å². The number of rotatable bonds is 9. The Hall–Kier alpha value is -4.98. The van der Waals surface area contributed by atoms with Crippen LogP contribution in [0.3, 0.4) is 0 Å². The number of carbonyl (C=O) groups excluding carboxylic acids is 2. The number of guanidine groups is 1. The second kappa shape index (κ2) is 13.0. The van der Waals surface area contributed by atoms with Gasteiger partial charge >= 0.3 is 12.6 Å². The van der Waals surface area contributed by atoms with Crippen LogP contribution in [0.2, 0.25) is 5.02 Å². The van der Waals surface area contributed by atoms with E-state index in [2.05, 4.69) is 10.1 Å². The molecule has 2 aromatic heterocycles. The van der Waals surface area contributed by atoms with Crippen LogP contribution in [-0.2, 0) is 15.1 Å². The van der Waals surface area contributed by atoms with Crippen LogP contribution in [0.1, 0.15) is 50.9 Å². The fourth-order valence-electron chi connectivity index (χ4n) is 6.28. The van der Waals surface area contributed by atoms with Gasteiger partial charge in [0.25, 0.3) is 11.8 Å². The Morgan fingerprint density at radius 2 is 1.78 bits per heavy atom. The van der Waals surface area contributed by atoms with Crippen LogP contribution in [0.25, 0.3) is 22.4 Å². The van der Waals surface area contributed by atoms with Crippen molar-refractivity contribution in [2.45, 2.75) is 51.2 Å². The Bertz CT molecular complexity index is 1920. The number of hydrogen-bond acceptors (Lipinski definition) is 7. The molecule has 2 N–H and O–H groups in total. The summed E-state index contributed by atoms with van der Waals surface area (Å²) < 4.78 is 59.5. The highest BCUT2D eigenvalue weighted by atomic mass is 35.5. The van der Waals surface area contributed by atoms with Gasteiger partial charge in [0, 0.05) is 28.5 Å². The van der Waals surface area contributed by atoms with E-state index in [1.165, 1.54) is 17.3 Å². The maximum atomic E-state index is 14.9. The normalized spacial score (nSPS) is 19.4. The largest absolute Gasteiger partial charge is 0.447 e. The highest BCUT2D eigenvalue weighted by Gasteiger charge is 2.53. The van der Waals surface area contributed by atoms with E-state index < -0.39 is 61.2 Å². The zero-order valence-electron chi connectivity index (χ0n) is 27.4. The van der Waals surface area contributed by atoms with Gasteiger partial charge in [-0.2, -0.15) is 13.9 Å². The third kappa shape index (κ3) is 6.89. The molecule has 0 aliphatic carbocycles. The summed E-state index contributed by atoms with van der Waals surface area (Å²) in [6.45, 7) is 1.06. The highest BCUT2D eigenvalue weighted by molar-refractivity contribution is 6.33. The van der Waals surface area contributed by atoms with Gasteiger partial charge in [-0.05, 0) is 52.8 Å². The molecule has 0 spiro atoms. The summed E-state index contributed by atoms with van der Waals surface area (Å²) in [6.07, 6.45) is 3.40. The Labute approximate surface area is 290 Å². The van der Waals surface area contributed by atoms with Crippen LogP contribution in [0.15, 0.2) is 84.2 Å². The highest BCUT2D eigenvalue weighted by Crippen LogP contribution is 2.45. The van der Waals surface area contributed by atoms with E-state index in [1.54, 1.807) is 66.9 Å². The summed E-state index contributed by atoms with van der Waals surface area (Å²) in [7, 11) is 0. The number of pyridine rings is 1.